The summed E-state index contributed by atoms with van der Waals surface area (Å²) in [6.45, 7) is 1.37. The largest absolute Gasteiger partial charge is 0.449 e. The molecule has 6 heteroatoms. The number of fused-ring (bicyclic) bond motifs is 1. The molecule has 0 aromatic heterocycles. The summed E-state index contributed by atoms with van der Waals surface area (Å²) in [4.78, 5) is 24.3. The van der Waals surface area contributed by atoms with Gasteiger partial charge in [-0.15, -0.1) is 0 Å². The zero-order chi connectivity index (χ0) is 18.7. The zero-order valence-corrected chi connectivity index (χ0v) is 13.8. The van der Waals surface area contributed by atoms with Crippen molar-refractivity contribution in [1.82, 2.24) is 0 Å². The molecule has 0 aliphatic heterocycles. The maximum atomic E-state index is 13.6. The molecule has 0 unspecified atom stereocenters. The Morgan fingerprint density at radius 1 is 1.00 bits per heavy atom. The number of anilines is 1. The Bertz CT molecular complexity index is 982. The number of rotatable bonds is 4. The van der Waals surface area contributed by atoms with Gasteiger partial charge in [-0.3, -0.25) is 4.79 Å². The van der Waals surface area contributed by atoms with E-state index in [1.807, 2.05) is 30.3 Å². The third-order valence-electron chi connectivity index (χ3n) is 3.85. The van der Waals surface area contributed by atoms with Crippen LogP contribution in [0.1, 0.15) is 17.3 Å². The van der Waals surface area contributed by atoms with Gasteiger partial charge in [-0.25, -0.2) is 13.6 Å². The van der Waals surface area contributed by atoms with Crippen LogP contribution in [0, 0.1) is 11.6 Å². The number of hydrogen-bond acceptors (Lipinski definition) is 3. The molecule has 0 saturated carbocycles. The van der Waals surface area contributed by atoms with Crippen molar-refractivity contribution in [3.05, 3.63) is 77.9 Å². The van der Waals surface area contributed by atoms with Gasteiger partial charge in [0.2, 0.25) is 0 Å². The van der Waals surface area contributed by atoms with Crippen molar-refractivity contribution in [1.29, 1.82) is 0 Å². The van der Waals surface area contributed by atoms with Crippen LogP contribution in [-0.2, 0) is 9.53 Å². The van der Waals surface area contributed by atoms with Crippen LogP contribution in [0.15, 0.2) is 60.7 Å². The van der Waals surface area contributed by atoms with Crippen molar-refractivity contribution in [2.75, 3.05) is 5.32 Å². The number of halogens is 2. The highest BCUT2D eigenvalue weighted by molar-refractivity contribution is 6.04. The van der Waals surface area contributed by atoms with Gasteiger partial charge < -0.3 is 10.1 Å². The second kappa shape index (κ2) is 7.31. The monoisotopic (exact) mass is 355 g/mol. The first-order valence-electron chi connectivity index (χ1n) is 7.90. The van der Waals surface area contributed by atoms with Gasteiger partial charge >= 0.3 is 5.97 Å². The smallest absolute Gasteiger partial charge is 0.341 e. The topological polar surface area (TPSA) is 55.4 Å². The number of hydrogen-bond donors (Lipinski definition) is 1. The molecule has 3 rings (SSSR count). The molecule has 0 bridgehead atoms. The SMILES string of the molecule is C[C@H](OC(=O)c1ccc(F)cc1F)C(=O)Nc1cccc2ccccc12. The quantitative estimate of drug-likeness (QED) is 0.710. The predicted molar refractivity (Wildman–Crippen MR) is 93.8 cm³/mol. The Labute approximate surface area is 148 Å². The van der Waals surface area contributed by atoms with Gasteiger partial charge in [0.15, 0.2) is 6.10 Å². The van der Waals surface area contributed by atoms with E-state index in [0.29, 0.717) is 11.8 Å². The van der Waals surface area contributed by atoms with Crippen LogP contribution in [-0.4, -0.2) is 18.0 Å². The lowest BCUT2D eigenvalue weighted by Gasteiger charge is -2.15. The summed E-state index contributed by atoms with van der Waals surface area (Å²) in [5.41, 5.74) is 0.139. The van der Waals surface area contributed by atoms with Gasteiger partial charge in [0.05, 0.1) is 5.56 Å². The van der Waals surface area contributed by atoms with Crippen molar-refractivity contribution >= 4 is 28.3 Å². The summed E-state index contributed by atoms with van der Waals surface area (Å²) in [6, 6.07) is 15.4. The summed E-state index contributed by atoms with van der Waals surface area (Å²) < 4.78 is 31.5. The highest BCUT2D eigenvalue weighted by Gasteiger charge is 2.22. The first-order valence-corrected chi connectivity index (χ1v) is 7.90. The summed E-state index contributed by atoms with van der Waals surface area (Å²) in [6.07, 6.45) is -1.16. The molecule has 1 N–H and O–H groups in total. The van der Waals surface area contributed by atoms with Crippen LogP contribution in [0.4, 0.5) is 14.5 Å². The molecule has 0 fully saturated rings. The van der Waals surface area contributed by atoms with Gasteiger partial charge in [0.25, 0.3) is 5.91 Å². The predicted octanol–water partition coefficient (Wildman–Crippen LogP) is 4.30. The third kappa shape index (κ3) is 3.69. The number of nitrogens with one attached hydrogen (secondary N) is 1. The van der Waals surface area contributed by atoms with Crippen LogP contribution in [0.5, 0.6) is 0 Å². The Morgan fingerprint density at radius 2 is 1.73 bits per heavy atom. The van der Waals surface area contributed by atoms with Gasteiger partial charge in [0, 0.05) is 17.1 Å². The minimum atomic E-state index is -1.16. The van der Waals surface area contributed by atoms with E-state index < -0.39 is 35.2 Å². The van der Waals surface area contributed by atoms with Crippen LogP contribution in [0.2, 0.25) is 0 Å². The van der Waals surface area contributed by atoms with Crippen molar-refractivity contribution in [3.63, 3.8) is 0 Å². The first-order chi connectivity index (χ1) is 12.5. The molecule has 0 spiro atoms. The number of carbonyl (C=O) groups excluding carboxylic acids is 2. The van der Waals surface area contributed by atoms with Crippen molar-refractivity contribution in [2.45, 2.75) is 13.0 Å². The number of ether oxygens (including phenoxy) is 1. The number of amides is 1. The van der Waals surface area contributed by atoms with E-state index in [-0.39, 0.29) is 0 Å². The van der Waals surface area contributed by atoms with Crippen LogP contribution >= 0.6 is 0 Å². The van der Waals surface area contributed by atoms with E-state index in [9.17, 15) is 18.4 Å². The van der Waals surface area contributed by atoms with Gasteiger partial charge in [-0.05, 0) is 30.5 Å². The van der Waals surface area contributed by atoms with Crippen LogP contribution in [0.3, 0.4) is 0 Å². The van der Waals surface area contributed by atoms with Crippen molar-refractivity contribution in [3.8, 4) is 0 Å². The fourth-order valence-corrected chi connectivity index (χ4v) is 2.50. The summed E-state index contributed by atoms with van der Waals surface area (Å²) >= 11 is 0. The van der Waals surface area contributed by atoms with Gasteiger partial charge in [0.1, 0.15) is 11.6 Å². The Morgan fingerprint density at radius 3 is 2.50 bits per heavy atom. The number of benzene rings is 3. The summed E-state index contributed by atoms with van der Waals surface area (Å²) in [5, 5.41) is 4.48. The maximum absolute atomic E-state index is 13.6. The third-order valence-corrected chi connectivity index (χ3v) is 3.85. The molecule has 3 aromatic carbocycles. The lowest BCUT2D eigenvalue weighted by Crippen LogP contribution is -2.30. The van der Waals surface area contributed by atoms with E-state index in [0.717, 1.165) is 22.9 Å². The fourth-order valence-electron chi connectivity index (χ4n) is 2.50. The molecule has 1 amide bonds. The standard InChI is InChI=1S/C20H15F2NO3/c1-12(26-20(25)16-10-9-14(21)11-17(16)22)19(24)23-18-8-4-6-13-5-2-3-7-15(13)18/h2-12H,1H3,(H,23,24)/t12-/m0/s1. The van der Waals surface area contributed by atoms with E-state index >= 15 is 0 Å². The first kappa shape index (κ1) is 17.5. The Balaban J connectivity index is 1.72. The molecule has 26 heavy (non-hydrogen) atoms. The summed E-state index contributed by atoms with van der Waals surface area (Å²) in [5.74, 6) is -3.45. The van der Waals surface area contributed by atoms with Crippen LogP contribution in [0.25, 0.3) is 10.8 Å². The molecule has 4 nitrogen and oxygen atoms in total. The minimum absolute atomic E-state index is 0.434. The normalized spacial score (nSPS) is 11.8. The molecular weight excluding hydrogens is 340 g/mol. The molecule has 132 valence electrons. The average molecular weight is 355 g/mol. The molecule has 1 atom stereocenters. The molecule has 0 saturated heterocycles. The van der Waals surface area contributed by atoms with E-state index in [2.05, 4.69) is 5.32 Å². The van der Waals surface area contributed by atoms with E-state index in [1.165, 1.54) is 6.92 Å². The highest BCUT2D eigenvalue weighted by Crippen LogP contribution is 2.23. The second-order valence-corrected chi connectivity index (χ2v) is 5.69. The Hall–Kier alpha value is -3.28. The molecule has 0 aliphatic rings. The van der Waals surface area contributed by atoms with E-state index in [1.54, 1.807) is 12.1 Å². The molecule has 3 aromatic rings. The minimum Gasteiger partial charge on any atom is -0.449 e. The lowest BCUT2D eigenvalue weighted by molar-refractivity contribution is -0.123. The average Bonchev–Trinajstić information content (AvgIpc) is 2.61. The fraction of sp³-hybridized carbons (Fsp3) is 0.100. The van der Waals surface area contributed by atoms with Gasteiger partial charge in [-0.2, -0.15) is 0 Å². The van der Waals surface area contributed by atoms with E-state index in [4.69, 9.17) is 4.74 Å². The molecule has 0 heterocycles. The molecule has 0 radical (unpaired) electrons. The molecule has 0 aliphatic carbocycles. The van der Waals surface area contributed by atoms with Crippen LogP contribution < -0.4 is 5.32 Å². The van der Waals surface area contributed by atoms with Gasteiger partial charge in [-0.1, -0.05) is 36.4 Å². The zero-order valence-electron chi connectivity index (χ0n) is 13.8. The van der Waals surface area contributed by atoms with Crippen molar-refractivity contribution in [2.24, 2.45) is 0 Å². The number of carbonyl (C=O) groups is 2. The van der Waals surface area contributed by atoms with Crippen molar-refractivity contribution < 1.29 is 23.1 Å². The lowest BCUT2D eigenvalue weighted by atomic mass is 10.1. The number of esters is 1. The highest BCUT2D eigenvalue weighted by atomic mass is 19.1. The Kier molecular flexibility index (Phi) is 4.93. The second-order valence-electron chi connectivity index (χ2n) is 5.69. The molecular formula is C20H15F2NO3. The maximum Gasteiger partial charge on any atom is 0.341 e. The summed E-state index contributed by atoms with van der Waals surface area (Å²) in [7, 11) is 0.